The van der Waals surface area contributed by atoms with Gasteiger partial charge >= 0.3 is 0 Å². The predicted molar refractivity (Wildman–Crippen MR) is 56.2 cm³/mol. The maximum atomic E-state index is 5.67. The van der Waals surface area contributed by atoms with Crippen molar-refractivity contribution in [2.45, 2.75) is 33.1 Å². The van der Waals surface area contributed by atoms with Crippen LogP contribution in [-0.2, 0) is 6.42 Å². The Balaban J connectivity index is 2.54. The Hall–Kier alpha value is -0.980. The summed E-state index contributed by atoms with van der Waals surface area (Å²) in [5.41, 5.74) is 1.30. The van der Waals surface area contributed by atoms with Crippen LogP contribution in [-0.4, -0.2) is 6.61 Å². The van der Waals surface area contributed by atoms with E-state index in [0.717, 1.165) is 25.2 Å². The fourth-order valence-electron chi connectivity index (χ4n) is 1.26. The van der Waals surface area contributed by atoms with E-state index in [1.807, 2.05) is 6.07 Å². The molecule has 0 radical (unpaired) electrons. The molecule has 0 heterocycles. The Morgan fingerprint density at radius 2 is 1.92 bits per heavy atom. The first-order chi connectivity index (χ1) is 6.38. The molecule has 72 valence electrons. The number of para-hydroxylation sites is 1. The Labute approximate surface area is 80.7 Å². The van der Waals surface area contributed by atoms with Gasteiger partial charge in [-0.1, -0.05) is 38.5 Å². The van der Waals surface area contributed by atoms with Crippen molar-refractivity contribution < 1.29 is 4.74 Å². The van der Waals surface area contributed by atoms with Gasteiger partial charge in [0, 0.05) is 0 Å². The van der Waals surface area contributed by atoms with E-state index in [1.165, 1.54) is 12.0 Å². The highest BCUT2D eigenvalue weighted by atomic mass is 16.5. The smallest absolute Gasteiger partial charge is 0.122 e. The number of ether oxygens (including phenoxy) is 1. The van der Waals surface area contributed by atoms with Gasteiger partial charge in [-0.05, 0) is 24.5 Å². The van der Waals surface area contributed by atoms with Gasteiger partial charge in [-0.2, -0.15) is 0 Å². The monoisotopic (exact) mass is 178 g/mol. The van der Waals surface area contributed by atoms with Crippen LogP contribution < -0.4 is 4.74 Å². The summed E-state index contributed by atoms with van der Waals surface area (Å²) in [4.78, 5) is 0. The van der Waals surface area contributed by atoms with Gasteiger partial charge in [-0.3, -0.25) is 0 Å². The number of hydrogen-bond acceptors (Lipinski definition) is 1. The van der Waals surface area contributed by atoms with Crippen molar-refractivity contribution in [2.24, 2.45) is 0 Å². The third-order valence-electron chi connectivity index (χ3n) is 2.11. The molecule has 0 atom stereocenters. The molecule has 0 aliphatic carbocycles. The summed E-state index contributed by atoms with van der Waals surface area (Å²) in [5.74, 6) is 1.05. The van der Waals surface area contributed by atoms with Crippen molar-refractivity contribution in [1.29, 1.82) is 0 Å². The molecule has 0 unspecified atom stereocenters. The summed E-state index contributed by atoms with van der Waals surface area (Å²) in [6, 6.07) is 8.27. The Kier molecular flexibility index (Phi) is 4.37. The summed E-state index contributed by atoms with van der Waals surface area (Å²) in [5, 5.41) is 0. The van der Waals surface area contributed by atoms with Gasteiger partial charge in [0.1, 0.15) is 5.75 Å². The van der Waals surface area contributed by atoms with Crippen LogP contribution in [0.2, 0.25) is 0 Å². The highest BCUT2D eigenvalue weighted by Crippen LogP contribution is 2.18. The number of aryl methyl sites for hydroxylation is 1. The zero-order valence-corrected chi connectivity index (χ0v) is 8.55. The molecule has 0 aliphatic heterocycles. The highest BCUT2D eigenvalue weighted by molar-refractivity contribution is 5.33. The van der Waals surface area contributed by atoms with E-state index in [1.54, 1.807) is 0 Å². The molecule has 1 nitrogen and oxygen atoms in total. The molecule has 13 heavy (non-hydrogen) atoms. The van der Waals surface area contributed by atoms with Crippen molar-refractivity contribution in [2.75, 3.05) is 6.61 Å². The molecule has 0 N–H and O–H groups in total. The maximum absolute atomic E-state index is 5.67. The van der Waals surface area contributed by atoms with E-state index in [0.29, 0.717) is 0 Å². The van der Waals surface area contributed by atoms with Crippen LogP contribution in [0.25, 0.3) is 0 Å². The third kappa shape index (κ3) is 3.10. The largest absolute Gasteiger partial charge is 0.493 e. The molecule has 0 amide bonds. The third-order valence-corrected chi connectivity index (χ3v) is 2.11. The number of rotatable bonds is 5. The van der Waals surface area contributed by atoms with E-state index in [4.69, 9.17) is 4.74 Å². The maximum Gasteiger partial charge on any atom is 0.122 e. The lowest BCUT2D eigenvalue weighted by Crippen LogP contribution is -1.98. The SMILES string of the molecule is CCCCOc1ccccc1CC. The first-order valence-electron chi connectivity index (χ1n) is 5.09. The summed E-state index contributed by atoms with van der Waals surface area (Å²) in [6.07, 6.45) is 3.37. The highest BCUT2D eigenvalue weighted by Gasteiger charge is 1.98. The van der Waals surface area contributed by atoms with Crippen LogP contribution in [0.15, 0.2) is 24.3 Å². The molecule has 0 aromatic heterocycles. The second kappa shape index (κ2) is 5.63. The molecular weight excluding hydrogens is 160 g/mol. The number of unbranched alkanes of at least 4 members (excludes halogenated alkanes) is 1. The van der Waals surface area contributed by atoms with Crippen LogP contribution >= 0.6 is 0 Å². The number of benzene rings is 1. The van der Waals surface area contributed by atoms with E-state index >= 15 is 0 Å². The molecule has 0 aliphatic rings. The van der Waals surface area contributed by atoms with Crippen molar-refractivity contribution in [3.05, 3.63) is 29.8 Å². The molecule has 0 fully saturated rings. The van der Waals surface area contributed by atoms with Crippen molar-refractivity contribution in [1.82, 2.24) is 0 Å². The molecule has 0 saturated heterocycles. The lowest BCUT2D eigenvalue weighted by Gasteiger charge is -2.09. The minimum Gasteiger partial charge on any atom is -0.493 e. The molecule has 1 aromatic carbocycles. The second-order valence-electron chi connectivity index (χ2n) is 3.16. The molecule has 1 heteroatoms. The molecule has 0 bridgehead atoms. The zero-order chi connectivity index (χ0) is 9.52. The van der Waals surface area contributed by atoms with E-state index < -0.39 is 0 Å². The van der Waals surface area contributed by atoms with Crippen LogP contribution in [0.1, 0.15) is 32.3 Å². The van der Waals surface area contributed by atoms with E-state index in [9.17, 15) is 0 Å². The van der Waals surface area contributed by atoms with Crippen LogP contribution in [0.4, 0.5) is 0 Å². The van der Waals surface area contributed by atoms with Gasteiger partial charge in [0.2, 0.25) is 0 Å². The Morgan fingerprint density at radius 1 is 1.15 bits per heavy atom. The quantitative estimate of drug-likeness (QED) is 0.628. The van der Waals surface area contributed by atoms with Crippen LogP contribution in [0.5, 0.6) is 5.75 Å². The van der Waals surface area contributed by atoms with Gasteiger partial charge < -0.3 is 4.74 Å². The summed E-state index contributed by atoms with van der Waals surface area (Å²) < 4.78 is 5.67. The average Bonchev–Trinajstić information content (AvgIpc) is 2.19. The molecule has 0 spiro atoms. The van der Waals surface area contributed by atoms with E-state index in [-0.39, 0.29) is 0 Å². The summed E-state index contributed by atoms with van der Waals surface area (Å²) in [6.45, 7) is 5.17. The second-order valence-corrected chi connectivity index (χ2v) is 3.16. The fourth-order valence-corrected chi connectivity index (χ4v) is 1.26. The van der Waals surface area contributed by atoms with Crippen LogP contribution in [0.3, 0.4) is 0 Å². The van der Waals surface area contributed by atoms with Crippen molar-refractivity contribution in [3.8, 4) is 5.75 Å². The zero-order valence-electron chi connectivity index (χ0n) is 8.55. The molecule has 1 rings (SSSR count). The predicted octanol–water partition coefficient (Wildman–Crippen LogP) is 3.43. The average molecular weight is 178 g/mol. The number of hydrogen-bond donors (Lipinski definition) is 0. The topological polar surface area (TPSA) is 9.23 Å². The molecule has 1 aromatic rings. The first-order valence-corrected chi connectivity index (χ1v) is 5.09. The van der Waals surface area contributed by atoms with Gasteiger partial charge in [-0.25, -0.2) is 0 Å². The standard InChI is InChI=1S/C12H18O/c1-3-5-10-13-12-9-7-6-8-11(12)4-2/h6-9H,3-5,10H2,1-2H3. The Morgan fingerprint density at radius 3 is 2.62 bits per heavy atom. The van der Waals surface area contributed by atoms with Gasteiger partial charge in [-0.15, -0.1) is 0 Å². The van der Waals surface area contributed by atoms with Crippen molar-refractivity contribution in [3.63, 3.8) is 0 Å². The van der Waals surface area contributed by atoms with Crippen LogP contribution in [0, 0.1) is 0 Å². The summed E-state index contributed by atoms with van der Waals surface area (Å²) >= 11 is 0. The lowest BCUT2D eigenvalue weighted by molar-refractivity contribution is 0.306. The normalized spacial score (nSPS) is 10.0. The van der Waals surface area contributed by atoms with Crippen molar-refractivity contribution >= 4 is 0 Å². The minimum atomic E-state index is 0.841. The van der Waals surface area contributed by atoms with Gasteiger partial charge in [0.15, 0.2) is 0 Å². The fraction of sp³-hybridized carbons (Fsp3) is 0.500. The first kappa shape index (κ1) is 10.1. The van der Waals surface area contributed by atoms with Gasteiger partial charge in [0.25, 0.3) is 0 Å². The molecule has 0 saturated carbocycles. The van der Waals surface area contributed by atoms with E-state index in [2.05, 4.69) is 32.0 Å². The van der Waals surface area contributed by atoms with Gasteiger partial charge in [0.05, 0.1) is 6.61 Å². The molecular formula is C12H18O. The summed E-state index contributed by atoms with van der Waals surface area (Å²) in [7, 11) is 0. The Bertz CT molecular complexity index is 243. The minimum absolute atomic E-state index is 0.841. The lowest BCUT2D eigenvalue weighted by atomic mass is 10.1.